The second kappa shape index (κ2) is 30.9. The van der Waals surface area contributed by atoms with Crippen molar-refractivity contribution in [2.24, 2.45) is 0 Å². The largest absolute Gasteiger partial charge is 0.417 e. The van der Waals surface area contributed by atoms with Crippen LogP contribution in [-0.4, -0.2) is 251 Å². The standard InChI is InChI=1S/C45H80N2O24/c1-3-4-5-6-7-8-9-10-11-12-13-14-15-16-24(54)23(17-48)47-45(63)71-43-36(61)34(59)38(28(21-52)67-43)68-44-37(62)40(32(57)27(20-51)66-44)70-41-29(46-22(2)53)39(31(56)26(19-50)64-41)69-42-35(60)33(58)30(55)25(18-49)65-42/h15-16,23-44,48-52,54-62H,3-14,17-21H2,1-2H3,(H,46,53)(H,47,63). The first kappa shape index (κ1) is 61.2. The molecule has 0 aromatic rings. The Balaban J connectivity index is 1.38. The topological polar surface area (TPSA) is 415 Å². The van der Waals surface area contributed by atoms with E-state index in [0.717, 1.165) is 32.6 Å². The number of aliphatic hydroxyl groups is 14. The SMILES string of the molecule is CCCCCCCCCCCCCC=CC(O)C(CO)NC(=O)OC1OC(CO)C(OC2OC(CO)C(O)C(OC3OC(CO)C(O)C(OC4OC(CO)C(O)C(O)C4O)C3NC(C)=O)C2O)C(O)C1O. The Morgan fingerprint density at radius 3 is 1.55 bits per heavy atom. The number of carbonyl (C=O) groups excluding carboxylic acids is 2. The molecule has 16 N–H and O–H groups in total. The molecule has 26 heteroatoms. The van der Waals surface area contributed by atoms with Gasteiger partial charge in [-0.3, -0.25) is 4.79 Å². The molecule has 0 saturated carbocycles. The van der Waals surface area contributed by atoms with Gasteiger partial charge in [0, 0.05) is 6.92 Å². The van der Waals surface area contributed by atoms with Crippen LogP contribution < -0.4 is 10.6 Å². The molecular formula is C45H80N2O24. The van der Waals surface area contributed by atoms with E-state index in [4.69, 9.17) is 37.9 Å². The lowest BCUT2D eigenvalue weighted by molar-refractivity contribution is -0.379. The minimum absolute atomic E-state index is 0.664. The highest BCUT2D eigenvalue weighted by molar-refractivity contribution is 5.73. The molecule has 4 saturated heterocycles. The Morgan fingerprint density at radius 2 is 1.00 bits per heavy atom. The van der Waals surface area contributed by atoms with Crippen LogP contribution in [0.5, 0.6) is 0 Å². The number of hydrogen-bond acceptors (Lipinski definition) is 24. The van der Waals surface area contributed by atoms with Crippen molar-refractivity contribution in [1.29, 1.82) is 0 Å². The average Bonchev–Trinajstić information content (AvgIpc) is 3.35. The normalized spacial score (nSPS) is 38.7. The van der Waals surface area contributed by atoms with Crippen LogP contribution in [0, 0.1) is 0 Å². The summed E-state index contributed by atoms with van der Waals surface area (Å²) in [6, 6.07) is -2.92. The van der Waals surface area contributed by atoms with Gasteiger partial charge in [-0.2, -0.15) is 0 Å². The van der Waals surface area contributed by atoms with Crippen LogP contribution in [0.3, 0.4) is 0 Å². The monoisotopic (exact) mass is 1030 g/mol. The first-order chi connectivity index (χ1) is 34.0. The van der Waals surface area contributed by atoms with Crippen LogP contribution in [0.15, 0.2) is 12.2 Å². The number of ether oxygens (including phenoxy) is 8. The zero-order valence-corrected chi connectivity index (χ0v) is 40.2. The molecule has 4 aliphatic heterocycles. The summed E-state index contributed by atoms with van der Waals surface area (Å²) in [6.07, 6.45) is -21.3. The molecule has 4 fully saturated rings. The third-order valence-corrected chi connectivity index (χ3v) is 13.0. The molecule has 0 aromatic carbocycles. The van der Waals surface area contributed by atoms with Crippen LogP contribution in [0.1, 0.15) is 90.9 Å². The Labute approximate surface area is 412 Å². The smallest absolute Gasteiger partial charge is 0.409 e. The van der Waals surface area contributed by atoms with E-state index in [9.17, 15) is 81.1 Å². The van der Waals surface area contributed by atoms with E-state index in [1.165, 1.54) is 51.0 Å². The number of rotatable bonds is 28. The van der Waals surface area contributed by atoms with E-state index >= 15 is 0 Å². The number of aliphatic hydroxyl groups excluding tert-OH is 14. The summed E-state index contributed by atoms with van der Waals surface area (Å²) in [4.78, 5) is 25.4. The summed E-state index contributed by atoms with van der Waals surface area (Å²) in [5.74, 6) is -0.797. The van der Waals surface area contributed by atoms with Gasteiger partial charge in [-0.15, -0.1) is 0 Å². The van der Waals surface area contributed by atoms with E-state index < -0.39 is 180 Å². The van der Waals surface area contributed by atoms with Gasteiger partial charge in [0.2, 0.25) is 12.2 Å². The Kier molecular flexibility index (Phi) is 26.6. The fourth-order valence-electron chi connectivity index (χ4n) is 8.85. The number of allylic oxidation sites excluding steroid dienone is 1. The number of unbranched alkanes of at least 4 members (excludes halogenated alkanes) is 11. The number of alkyl carbamates (subject to hydrolysis) is 1. The van der Waals surface area contributed by atoms with E-state index in [0.29, 0.717) is 6.42 Å². The predicted octanol–water partition coefficient (Wildman–Crippen LogP) is -4.89. The van der Waals surface area contributed by atoms with Gasteiger partial charge in [-0.1, -0.05) is 83.3 Å². The molecule has 26 nitrogen and oxygen atoms in total. The maximum absolute atomic E-state index is 12.9. The van der Waals surface area contributed by atoms with E-state index in [-0.39, 0.29) is 0 Å². The molecule has 414 valence electrons. The van der Waals surface area contributed by atoms with E-state index in [1.54, 1.807) is 6.08 Å². The maximum Gasteiger partial charge on any atom is 0.409 e. The number of amides is 2. The first-order valence-electron chi connectivity index (χ1n) is 24.6. The van der Waals surface area contributed by atoms with Crippen molar-refractivity contribution in [3.63, 3.8) is 0 Å². The third-order valence-electron chi connectivity index (χ3n) is 13.0. The van der Waals surface area contributed by atoms with Gasteiger partial charge in [0.05, 0.1) is 45.2 Å². The van der Waals surface area contributed by atoms with Crippen LogP contribution >= 0.6 is 0 Å². The summed E-state index contributed by atoms with van der Waals surface area (Å²) in [7, 11) is 0. The average molecular weight is 1030 g/mol. The molecule has 0 radical (unpaired) electrons. The summed E-state index contributed by atoms with van der Waals surface area (Å²) in [5, 5.41) is 153. The highest BCUT2D eigenvalue weighted by atomic mass is 16.8. The molecule has 0 aliphatic carbocycles. The lowest BCUT2D eigenvalue weighted by Gasteiger charge is -2.50. The van der Waals surface area contributed by atoms with Crippen molar-refractivity contribution in [3.05, 3.63) is 12.2 Å². The van der Waals surface area contributed by atoms with Crippen molar-refractivity contribution in [3.8, 4) is 0 Å². The summed E-state index contributed by atoms with van der Waals surface area (Å²) in [5.41, 5.74) is 0. The van der Waals surface area contributed by atoms with Gasteiger partial charge in [0.1, 0.15) is 97.6 Å². The van der Waals surface area contributed by atoms with Gasteiger partial charge >= 0.3 is 6.09 Å². The lowest BCUT2D eigenvalue weighted by atomic mass is 9.94. The molecule has 4 heterocycles. The van der Waals surface area contributed by atoms with Gasteiger partial charge in [-0.25, -0.2) is 4.79 Å². The molecule has 22 unspecified atom stereocenters. The Morgan fingerprint density at radius 1 is 0.535 bits per heavy atom. The Hall–Kier alpha value is -2.36. The molecule has 2 amide bonds. The molecule has 0 aromatic heterocycles. The molecule has 22 atom stereocenters. The second-order valence-electron chi connectivity index (χ2n) is 18.4. The van der Waals surface area contributed by atoms with Gasteiger partial charge in [0.15, 0.2) is 18.9 Å². The molecule has 71 heavy (non-hydrogen) atoms. The minimum atomic E-state index is -2.14. The second-order valence-corrected chi connectivity index (χ2v) is 18.4. The van der Waals surface area contributed by atoms with Crippen LogP contribution in [0.4, 0.5) is 4.79 Å². The first-order valence-corrected chi connectivity index (χ1v) is 24.6. The van der Waals surface area contributed by atoms with Crippen molar-refractivity contribution >= 4 is 12.0 Å². The number of carbonyl (C=O) groups is 2. The summed E-state index contributed by atoms with van der Waals surface area (Å²) < 4.78 is 45.0. The third kappa shape index (κ3) is 17.1. The van der Waals surface area contributed by atoms with E-state index in [1.807, 2.05) is 0 Å². The highest BCUT2D eigenvalue weighted by Gasteiger charge is 2.56. The predicted molar refractivity (Wildman–Crippen MR) is 240 cm³/mol. The summed E-state index contributed by atoms with van der Waals surface area (Å²) >= 11 is 0. The van der Waals surface area contributed by atoms with Crippen LogP contribution in [0.25, 0.3) is 0 Å². The molecule has 4 aliphatic rings. The van der Waals surface area contributed by atoms with Gasteiger partial charge < -0.3 is 120 Å². The zero-order chi connectivity index (χ0) is 52.4. The number of hydrogen-bond donors (Lipinski definition) is 16. The minimum Gasteiger partial charge on any atom is -0.417 e. The van der Waals surface area contributed by atoms with Gasteiger partial charge in [0.25, 0.3) is 0 Å². The molecular weight excluding hydrogens is 952 g/mol. The summed E-state index contributed by atoms with van der Waals surface area (Å²) in [6.45, 7) is -1.20. The fraction of sp³-hybridized carbons (Fsp3) is 0.911. The maximum atomic E-state index is 12.9. The molecule has 0 bridgehead atoms. The lowest BCUT2D eigenvalue weighted by Crippen LogP contribution is -2.70. The highest BCUT2D eigenvalue weighted by Crippen LogP contribution is 2.35. The van der Waals surface area contributed by atoms with Crippen LogP contribution in [0.2, 0.25) is 0 Å². The quantitative estimate of drug-likeness (QED) is 0.0258. The van der Waals surface area contributed by atoms with Crippen LogP contribution in [-0.2, 0) is 42.7 Å². The fourth-order valence-corrected chi connectivity index (χ4v) is 8.85. The van der Waals surface area contributed by atoms with Gasteiger partial charge in [-0.05, 0) is 12.8 Å². The van der Waals surface area contributed by atoms with Crippen molar-refractivity contribution in [1.82, 2.24) is 10.6 Å². The van der Waals surface area contributed by atoms with Crippen molar-refractivity contribution in [2.75, 3.05) is 33.0 Å². The Bertz CT molecular complexity index is 1550. The molecule has 4 rings (SSSR count). The van der Waals surface area contributed by atoms with Crippen molar-refractivity contribution < 1.29 is 119 Å². The van der Waals surface area contributed by atoms with Crippen molar-refractivity contribution in [2.45, 2.75) is 226 Å². The zero-order valence-electron chi connectivity index (χ0n) is 40.2. The molecule has 0 spiro atoms. The van der Waals surface area contributed by atoms with E-state index in [2.05, 4.69) is 17.6 Å². The number of nitrogens with one attached hydrogen (secondary N) is 2.